The molecule has 0 radical (unpaired) electrons. The standard InChI is InChI=1S/C15H23N3O3/c1-4-17(5-2)15(19)9-10-16-11-13-7-6-8-14(12(13)3)18(20)21/h6-8,16H,4-5,9-11H2,1-3H3. The third kappa shape index (κ3) is 4.82. The van der Waals surface area contributed by atoms with Crippen molar-refractivity contribution in [2.24, 2.45) is 0 Å². The molecule has 0 bridgehead atoms. The number of benzene rings is 1. The predicted molar refractivity (Wildman–Crippen MR) is 82.1 cm³/mol. The van der Waals surface area contributed by atoms with Gasteiger partial charge in [-0.2, -0.15) is 0 Å². The van der Waals surface area contributed by atoms with Crippen LogP contribution < -0.4 is 5.32 Å². The first kappa shape index (κ1) is 17.1. The lowest BCUT2D eigenvalue weighted by molar-refractivity contribution is -0.385. The summed E-state index contributed by atoms with van der Waals surface area (Å²) >= 11 is 0. The lowest BCUT2D eigenvalue weighted by Gasteiger charge is -2.18. The maximum absolute atomic E-state index is 11.8. The molecule has 1 N–H and O–H groups in total. The molecule has 1 aromatic rings. The van der Waals surface area contributed by atoms with Gasteiger partial charge in [-0.1, -0.05) is 12.1 Å². The molecule has 0 aliphatic rings. The van der Waals surface area contributed by atoms with Gasteiger partial charge in [0.2, 0.25) is 5.91 Å². The van der Waals surface area contributed by atoms with E-state index in [1.807, 2.05) is 19.9 Å². The number of nitrogens with one attached hydrogen (secondary N) is 1. The number of hydrogen-bond acceptors (Lipinski definition) is 4. The van der Waals surface area contributed by atoms with E-state index in [9.17, 15) is 14.9 Å². The van der Waals surface area contributed by atoms with Crippen LogP contribution in [0.25, 0.3) is 0 Å². The summed E-state index contributed by atoms with van der Waals surface area (Å²) in [5.41, 5.74) is 1.69. The van der Waals surface area contributed by atoms with Crippen LogP contribution in [-0.4, -0.2) is 35.4 Å². The summed E-state index contributed by atoms with van der Waals surface area (Å²) in [6.45, 7) is 8.20. The van der Waals surface area contributed by atoms with Gasteiger partial charge < -0.3 is 10.2 Å². The van der Waals surface area contributed by atoms with Gasteiger partial charge in [-0.25, -0.2) is 0 Å². The Hall–Kier alpha value is -1.95. The van der Waals surface area contributed by atoms with Crippen LogP contribution >= 0.6 is 0 Å². The van der Waals surface area contributed by atoms with Gasteiger partial charge in [0.1, 0.15) is 0 Å². The van der Waals surface area contributed by atoms with Crippen molar-refractivity contribution in [2.75, 3.05) is 19.6 Å². The fourth-order valence-electron chi connectivity index (χ4n) is 2.21. The molecule has 0 saturated heterocycles. The summed E-state index contributed by atoms with van der Waals surface area (Å²) in [6.07, 6.45) is 0.440. The van der Waals surface area contributed by atoms with Crippen molar-refractivity contribution >= 4 is 11.6 Å². The second-order valence-corrected chi connectivity index (χ2v) is 4.81. The van der Waals surface area contributed by atoms with Gasteiger partial charge in [-0.05, 0) is 26.3 Å². The zero-order valence-corrected chi connectivity index (χ0v) is 12.9. The van der Waals surface area contributed by atoms with E-state index in [1.54, 1.807) is 17.9 Å². The molecule has 116 valence electrons. The first-order valence-electron chi connectivity index (χ1n) is 7.22. The van der Waals surface area contributed by atoms with Crippen molar-refractivity contribution in [3.05, 3.63) is 39.4 Å². The molecular weight excluding hydrogens is 270 g/mol. The number of hydrogen-bond donors (Lipinski definition) is 1. The van der Waals surface area contributed by atoms with Gasteiger partial charge in [0, 0.05) is 44.2 Å². The normalized spacial score (nSPS) is 10.4. The van der Waals surface area contributed by atoms with Gasteiger partial charge in [-0.3, -0.25) is 14.9 Å². The van der Waals surface area contributed by atoms with E-state index in [1.165, 1.54) is 6.07 Å². The Bertz CT molecular complexity index is 499. The van der Waals surface area contributed by atoms with E-state index in [0.29, 0.717) is 25.1 Å². The molecule has 1 rings (SSSR count). The minimum Gasteiger partial charge on any atom is -0.343 e. The van der Waals surface area contributed by atoms with Crippen LogP contribution in [-0.2, 0) is 11.3 Å². The highest BCUT2D eigenvalue weighted by Gasteiger charge is 2.13. The Morgan fingerprint density at radius 3 is 2.57 bits per heavy atom. The SMILES string of the molecule is CCN(CC)C(=O)CCNCc1cccc([N+](=O)[O-])c1C. The second kappa shape index (κ2) is 8.36. The molecule has 6 heteroatoms. The Morgan fingerprint density at radius 1 is 1.33 bits per heavy atom. The summed E-state index contributed by atoms with van der Waals surface area (Å²) in [5.74, 6) is 0.128. The van der Waals surface area contributed by atoms with Gasteiger partial charge in [0.05, 0.1) is 4.92 Å². The van der Waals surface area contributed by atoms with Crippen molar-refractivity contribution < 1.29 is 9.72 Å². The van der Waals surface area contributed by atoms with Crippen molar-refractivity contribution in [3.8, 4) is 0 Å². The Kier molecular flexibility index (Phi) is 6.81. The van der Waals surface area contributed by atoms with Crippen molar-refractivity contribution in [3.63, 3.8) is 0 Å². The third-order valence-electron chi connectivity index (χ3n) is 3.56. The topological polar surface area (TPSA) is 75.5 Å². The predicted octanol–water partition coefficient (Wildman–Crippen LogP) is 2.25. The molecule has 21 heavy (non-hydrogen) atoms. The summed E-state index contributed by atoms with van der Waals surface area (Å²) in [7, 11) is 0. The van der Waals surface area contributed by atoms with Crippen molar-refractivity contribution in [1.29, 1.82) is 0 Å². The molecule has 0 aliphatic carbocycles. The van der Waals surface area contributed by atoms with E-state index >= 15 is 0 Å². The number of carbonyl (C=O) groups excluding carboxylic acids is 1. The van der Waals surface area contributed by atoms with Crippen LogP contribution in [0.2, 0.25) is 0 Å². The molecule has 0 aliphatic heterocycles. The van der Waals surface area contributed by atoms with E-state index in [0.717, 1.165) is 18.7 Å². The van der Waals surface area contributed by atoms with Gasteiger partial charge in [0.15, 0.2) is 0 Å². The molecule has 0 atom stereocenters. The number of nitro benzene ring substituents is 1. The first-order valence-corrected chi connectivity index (χ1v) is 7.22. The number of nitrogens with zero attached hydrogens (tertiary/aromatic N) is 2. The number of carbonyl (C=O) groups is 1. The molecule has 0 saturated carbocycles. The molecule has 0 aromatic heterocycles. The number of amides is 1. The number of nitro groups is 1. The van der Waals surface area contributed by atoms with Crippen LogP contribution in [0.5, 0.6) is 0 Å². The van der Waals surface area contributed by atoms with Crippen molar-refractivity contribution in [2.45, 2.75) is 33.7 Å². The van der Waals surface area contributed by atoms with Gasteiger partial charge >= 0.3 is 0 Å². The monoisotopic (exact) mass is 293 g/mol. The smallest absolute Gasteiger partial charge is 0.272 e. The summed E-state index contributed by atoms with van der Waals surface area (Å²) in [4.78, 5) is 24.1. The Labute approximate surface area is 125 Å². The molecule has 0 spiro atoms. The lowest BCUT2D eigenvalue weighted by atomic mass is 10.1. The molecule has 1 amide bonds. The average molecular weight is 293 g/mol. The largest absolute Gasteiger partial charge is 0.343 e. The molecule has 0 unspecified atom stereocenters. The summed E-state index contributed by atoms with van der Waals surface area (Å²) in [5, 5.41) is 14.0. The molecule has 0 heterocycles. The Balaban J connectivity index is 2.48. The van der Waals surface area contributed by atoms with E-state index in [-0.39, 0.29) is 16.5 Å². The highest BCUT2D eigenvalue weighted by Crippen LogP contribution is 2.20. The van der Waals surface area contributed by atoms with E-state index < -0.39 is 0 Å². The van der Waals surface area contributed by atoms with Crippen LogP contribution in [0.4, 0.5) is 5.69 Å². The van der Waals surface area contributed by atoms with Crippen LogP contribution in [0, 0.1) is 17.0 Å². The molecule has 1 aromatic carbocycles. The zero-order valence-electron chi connectivity index (χ0n) is 12.9. The quantitative estimate of drug-likeness (QED) is 0.453. The summed E-state index contributed by atoms with van der Waals surface area (Å²) in [6, 6.07) is 5.05. The molecular formula is C15H23N3O3. The van der Waals surface area contributed by atoms with Gasteiger partial charge in [0.25, 0.3) is 5.69 Å². The zero-order chi connectivity index (χ0) is 15.8. The van der Waals surface area contributed by atoms with E-state index in [2.05, 4.69) is 5.32 Å². The van der Waals surface area contributed by atoms with Crippen LogP contribution in [0.1, 0.15) is 31.4 Å². The summed E-state index contributed by atoms with van der Waals surface area (Å²) < 4.78 is 0. The van der Waals surface area contributed by atoms with Gasteiger partial charge in [-0.15, -0.1) is 0 Å². The Morgan fingerprint density at radius 2 is 2.00 bits per heavy atom. The maximum Gasteiger partial charge on any atom is 0.272 e. The van der Waals surface area contributed by atoms with Crippen LogP contribution in [0.15, 0.2) is 18.2 Å². The maximum atomic E-state index is 11.8. The minimum atomic E-state index is -0.372. The number of rotatable bonds is 8. The average Bonchev–Trinajstić information content (AvgIpc) is 2.46. The highest BCUT2D eigenvalue weighted by molar-refractivity contribution is 5.76. The molecule has 6 nitrogen and oxygen atoms in total. The fraction of sp³-hybridized carbons (Fsp3) is 0.533. The van der Waals surface area contributed by atoms with Crippen molar-refractivity contribution in [1.82, 2.24) is 10.2 Å². The van der Waals surface area contributed by atoms with Crippen LogP contribution in [0.3, 0.4) is 0 Å². The minimum absolute atomic E-state index is 0.128. The highest BCUT2D eigenvalue weighted by atomic mass is 16.6. The second-order valence-electron chi connectivity index (χ2n) is 4.81. The molecule has 0 fully saturated rings. The van der Waals surface area contributed by atoms with E-state index in [4.69, 9.17) is 0 Å². The lowest BCUT2D eigenvalue weighted by Crippen LogP contribution is -2.32. The first-order chi connectivity index (χ1) is 10.0. The third-order valence-corrected chi connectivity index (χ3v) is 3.56. The fourth-order valence-corrected chi connectivity index (χ4v) is 2.21.